The number of carboxylic acid groups (broad SMARTS) is 1. The maximum atomic E-state index is 11.2. The van der Waals surface area contributed by atoms with Crippen LogP contribution < -0.4 is 0 Å². The van der Waals surface area contributed by atoms with E-state index in [1.54, 1.807) is 6.92 Å². The van der Waals surface area contributed by atoms with Crippen LogP contribution in [-0.4, -0.2) is 34.3 Å². The van der Waals surface area contributed by atoms with Crippen molar-refractivity contribution in [2.75, 3.05) is 6.54 Å². The molecule has 5 heteroatoms. The molecule has 2 amide bonds. The van der Waals surface area contributed by atoms with Crippen LogP contribution in [0.1, 0.15) is 26.2 Å². The molecule has 1 fully saturated rings. The van der Waals surface area contributed by atoms with Crippen LogP contribution in [0.3, 0.4) is 0 Å². The minimum Gasteiger partial charge on any atom is -0.481 e. The predicted octanol–water partition coefficient (Wildman–Crippen LogP) is 0.246. The fourth-order valence-electron chi connectivity index (χ4n) is 1.43. The van der Waals surface area contributed by atoms with Crippen LogP contribution in [0.4, 0.5) is 0 Å². The molecule has 1 atom stereocenters. The number of hydrogen-bond acceptors (Lipinski definition) is 3. The van der Waals surface area contributed by atoms with Crippen molar-refractivity contribution in [2.24, 2.45) is 5.92 Å². The Kier molecular flexibility index (Phi) is 3.22. The van der Waals surface area contributed by atoms with E-state index in [2.05, 4.69) is 0 Å². The van der Waals surface area contributed by atoms with Gasteiger partial charge in [0.2, 0.25) is 11.8 Å². The van der Waals surface area contributed by atoms with Gasteiger partial charge in [0.1, 0.15) is 0 Å². The van der Waals surface area contributed by atoms with E-state index in [1.807, 2.05) is 0 Å². The molecular formula is C9H13NO4. The van der Waals surface area contributed by atoms with E-state index in [1.165, 1.54) is 0 Å². The molecule has 0 aliphatic carbocycles. The number of aliphatic carboxylic acids is 1. The summed E-state index contributed by atoms with van der Waals surface area (Å²) in [6.45, 7) is 1.74. The third-order valence-electron chi connectivity index (χ3n) is 2.40. The molecule has 1 saturated heterocycles. The summed E-state index contributed by atoms with van der Waals surface area (Å²) >= 11 is 0. The van der Waals surface area contributed by atoms with Gasteiger partial charge in [-0.25, -0.2) is 0 Å². The van der Waals surface area contributed by atoms with E-state index in [0.717, 1.165) is 4.90 Å². The lowest BCUT2D eigenvalue weighted by molar-refractivity contribution is -0.145. The molecule has 78 valence electrons. The van der Waals surface area contributed by atoms with E-state index < -0.39 is 11.9 Å². The number of carbonyl (C=O) groups excluding carboxylic acids is 2. The van der Waals surface area contributed by atoms with Gasteiger partial charge in [-0.3, -0.25) is 19.3 Å². The van der Waals surface area contributed by atoms with Crippen LogP contribution in [-0.2, 0) is 14.4 Å². The fourth-order valence-corrected chi connectivity index (χ4v) is 1.43. The molecule has 0 spiro atoms. The number of likely N-dealkylation sites (tertiary alicyclic amines) is 1. The standard InChI is InChI=1S/C9H13NO4/c1-2-6(9(13)14)5-10-7(11)3-4-8(10)12/h6H,2-5H2,1H3,(H,13,14). The number of imide groups is 1. The van der Waals surface area contributed by atoms with Gasteiger partial charge >= 0.3 is 5.97 Å². The second-order valence-corrected chi connectivity index (χ2v) is 3.34. The molecule has 1 unspecified atom stereocenters. The number of hydrogen-bond donors (Lipinski definition) is 1. The monoisotopic (exact) mass is 199 g/mol. The molecule has 0 bridgehead atoms. The lowest BCUT2D eigenvalue weighted by Gasteiger charge is -2.17. The summed E-state index contributed by atoms with van der Waals surface area (Å²) in [5.41, 5.74) is 0. The number of amides is 2. The Morgan fingerprint density at radius 3 is 2.29 bits per heavy atom. The molecule has 1 aliphatic heterocycles. The Bertz CT molecular complexity index is 258. The van der Waals surface area contributed by atoms with Gasteiger partial charge in [-0.2, -0.15) is 0 Å². The smallest absolute Gasteiger partial charge is 0.308 e. The van der Waals surface area contributed by atoms with Gasteiger partial charge in [0, 0.05) is 19.4 Å². The minimum atomic E-state index is -0.958. The lowest BCUT2D eigenvalue weighted by atomic mass is 10.1. The normalized spacial score (nSPS) is 18.8. The van der Waals surface area contributed by atoms with Gasteiger partial charge in [-0.1, -0.05) is 6.92 Å². The summed E-state index contributed by atoms with van der Waals surface area (Å²) in [4.78, 5) is 34.1. The third kappa shape index (κ3) is 2.10. The van der Waals surface area contributed by atoms with E-state index in [9.17, 15) is 14.4 Å². The van der Waals surface area contributed by atoms with Crippen LogP contribution in [0.15, 0.2) is 0 Å². The van der Waals surface area contributed by atoms with Crippen molar-refractivity contribution in [3.63, 3.8) is 0 Å². The Hall–Kier alpha value is -1.39. The average molecular weight is 199 g/mol. The van der Waals surface area contributed by atoms with Gasteiger partial charge in [0.15, 0.2) is 0 Å². The number of rotatable bonds is 4. The molecule has 5 nitrogen and oxygen atoms in total. The predicted molar refractivity (Wildman–Crippen MR) is 47.4 cm³/mol. The molecule has 0 aromatic rings. The van der Waals surface area contributed by atoms with Gasteiger partial charge in [0.25, 0.3) is 0 Å². The minimum absolute atomic E-state index is 0.0174. The summed E-state index contributed by atoms with van der Waals surface area (Å²) in [6.07, 6.45) is 0.857. The zero-order valence-electron chi connectivity index (χ0n) is 8.02. The first kappa shape index (κ1) is 10.7. The molecule has 1 heterocycles. The number of carboxylic acids is 1. The van der Waals surface area contributed by atoms with Crippen molar-refractivity contribution in [3.05, 3.63) is 0 Å². The number of carbonyl (C=O) groups is 3. The van der Waals surface area contributed by atoms with Gasteiger partial charge in [-0.15, -0.1) is 0 Å². The first-order chi connectivity index (χ1) is 6.56. The molecule has 0 saturated carbocycles. The van der Waals surface area contributed by atoms with Crippen LogP contribution in [0, 0.1) is 5.92 Å². The summed E-state index contributed by atoms with van der Waals surface area (Å²) < 4.78 is 0. The largest absolute Gasteiger partial charge is 0.481 e. The zero-order valence-corrected chi connectivity index (χ0v) is 8.02. The first-order valence-corrected chi connectivity index (χ1v) is 4.62. The molecular weight excluding hydrogens is 186 g/mol. The third-order valence-corrected chi connectivity index (χ3v) is 2.40. The van der Waals surface area contributed by atoms with Crippen molar-refractivity contribution in [1.82, 2.24) is 4.90 Å². The Labute approximate surface area is 81.7 Å². The van der Waals surface area contributed by atoms with Crippen molar-refractivity contribution >= 4 is 17.8 Å². The highest BCUT2D eigenvalue weighted by atomic mass is 16.4. The van der Waals surface area contributed by atoms with Gasteiger partial charge in [-0.05, 0) is 6.42 Å². The highest BCUT2D eigenvalue weighted by molar-refractivity contribution is 6.02. The van der Waals surface area contributed by atoms with Crippen LogP contribution >= 0.6 is 0 Å². The van der Waals surface area contributed by atoms with E-state index >= 15 is 0 Å². The topological polar surface area (TPSA) is 74.7 Å². The summed E-state index contributed by atoms with van der Waals surface area (Å²) in [7, 11) is 0. The average Bonchev–Trinajstić information content (AvgIpc) is 2.43. The summed E-state index contributed by atoms with van der Waals surface area (Å²) in [6, 6.07) is 0. The number of nitrogens with zero attached hydrogens (tertiary/aromatic N) is 1. The second kappa shape index (κ2) is 4.21. The van der Waals surface area contributed by atoms with Crippen molar-refractivity contribution in [1.29, 1.82) is 0 Å². The van der Waals surface area contributed by atoms with E-state index in [-0.39, 0.29) is 31.2 Å². The molecule has 14 heavy (non-hydrogen) atoms. The molecule has 1 rings (SSSR count). The van der Waals surface area contributed by atoms with Crippen LogP contribution in [0.5, 0.6) is 0 Å². The maximum Gasteiger partial charge on any atom is 0.308 e. The molecule has 0 radical (unpaired) electrons. The zero-order chi connectivity index (χ0) is 10.7. The van der Waals surface area contributed by atoms with Crippen molar-refractivity contribution in [3.8, 4) is 0 Å². The first-order valence-electron chi connectivity index (χ1n) is 4.62. The second-order valence-electron chi connectivity index (χ2n) is 3.34. The van der Waals surface area contributed by atoms with Gasteiger partial charge in [0.05, 0.1) is 5.92 Å². The van der Waals surface area contributed by atoms with Crippen molar-refractivity contribution in [2.45, 2.75) is 26.2 Å². The van der Waals surface area contributed by atoms with E-state index in [4.69, 9.17) is 5.11 Å². The van der Waals surface area contributed by atoms with Crippen LogP contribution in [0.2, 0.25) is 0 Å². The molecule has 0 aromatic carbocycles. The summed E-state index contributed by atoms with van der Waals surface area (Å²) in [5.74, 6) is -2.11. The molecule has 1 aliphatic rings. The Balaban J connectivity index is 2.61. The Morgan fingerprint density at radius 2 is 1.93 bits per heavy atom. The maximum absolute atomic E-state index is 11.2. The molecule has 0 aromatic heterocycles. The van der Waals surface area contributed by atoms with Crippen LogP contribution in [0.25, 0.3) is 0 Å². The highest BCUT2D eigenvalue weighted by Crippen LogP contribution is 2.15. The van der Waals surface area contributed by atoms with Crippen molar-refractivity contribution < 1.29 is 19.5 Å². The molecule has 1 N–H and O–H groups in total. The quantitative estimate of drug-likeness (QED) is 0.658. The highest BCUT2D eigenvalue weighted by Gasteiger charge is 2.32. The SMILES string of the molecule is CCC(CN1C(=O)CCC1=O)C(=O)O. The lowest BCUT2D eigenvalue weighted by Crippen LogP contribution is -2.36. The summed E-state index contributed by atoms with van der Waals surface area (Å²) in [5, 5.41) is 8.76. The van der Waals surface area contributed by atoms with Gasteiger partial charge < -0.3 is 5.11 Å². The Morgan fingerprint density at radius 1 is 1.43 bits per heavy atom. The fraction of sp³-hybridized carbons (Fsp3) is 0.667. The van der Waals surface area contributed by atoms with E-state index in [0.29, 0.717) is 6.42 Å².